The van der Waals surface area contributed by atoms with E-state index < -0.39 is 0 Å². The van der Waals surface area contributed by atoms with Crippen molar-refractivity contribution in [1.82, 2.24) is 15.0 Å². The van der Waals surface area contributed by atoms with Crippen LogP contribution in [0, 0.1) is 23.2 Å². The Labute approximate surface area is 322 Å². The summed E-state index contributed by atoms with van der Waals surface area (Å²) in [6.07, 6.45) is 6.91. The van der Waals surface area contributed by atoms with E-state index in [0.717, 1.165) is 34.1 Å². The zero-order chi connectivity index (χ0) is 36.9. The van der Waals surface area contributed by atoms with E-state index in [1.165, 1.54) is 75.9 Å². The molecule has 1 aromatic heterocycles. The molecule has 2 bridgehead atoms. The zero-order valence-electron chi connectivity index (χ0n) is 30.9. The largest absolute Gasteiger partial charge is 0.208 e. The molecule has 4 heteroatoms. The van der Waals surface area contributed by atoms with Crippen molar-refractivity contribution in [3.8, 4) is 62.5 Å². The van der Waals surface area contributed by atoms with Crippen molar-refractivity contribution in [2.24, 2.45) is 11.8 Å². The van der Waals surface area contributed by atoms with Gasteiger partial charge in [-0.15, -0.1) is 0 Å². The Bertz CT molecular complexity index is 2730. The lowest BCUT2D eigenvalue weighted by Crippen LogP contribution is -2.30. The monoisotopic (exact) mass is 708 g/mol. The number of benzene rings is 7. The van der Waals surface area contributed by atoms with Crippen molar-refractivity contribution in [3.05, 3.63) is 163 Å². The van der Waals surface area contributed by atoms with Crippen molar-refractivity contribution in [1.29, 1.82) is 5.26 Å². The van der Waals surface area contributed by atoms with Crippen LogP contribution in [0.4, 0.5) is 0 Å². The lowest BCUT2D eigenvalue weighted by Gasteiger charge is -2.38. The number of aromatic nitrogens is 3. The van der Waals surface area contributed by atoms with Crippen LogP contribution >= 0.6 is 0 Å². The van der Waals surface area contributed by atoms with E-state index in [1.54, 1.807) is 12.1 Å². The molecular weight excluding hydrogens is 669 g/mol. The fourth-order valence-electron chi connectivity index (χ4n) is 9.57. The first-order valence-electron chi connectivity index (χ1n) is 19.5. The summed E-state index contributed by atoms with van der Waals surface area (Å²) in [6.45, 7) is 2.48. The lowest BCUT2D eigenvalue weighted by molar-refractivity contribution is 0.232. The third-order valence-corrected chi connectivity index (χ3v) is 12.3. The molecule has 0 aliphatic heterocycles. The molecule has 4 nitrogen and oxygen atoms in total. The number of nitriles is 1. The maximum absolute atomic E-state index is 9.42. The smallest absolute Gasteiger partial charge is 0.164 e. The predicted octanol–water partition coefficient (Wildman–Crippen LogP) is 12.9. The summed E-state index contributed by atoms with van der Waals surface area (Å²) in [6, 6.07) is 55.5. The first-order valence-corrected chi connectivity index (χ1v) is 19.5. The van der Waals surface area contributed by atoms with Gasteiger partial charge in [-0.2, -0.15) is 5.26 Å². The molecule has 2 saturated carbocycles. The van der Waals surface area contributed by atoms with Crippen LogP contribution in [0.2, 0.25) is 0 Å². The highest BCUT2D eigenvalue weighted by Gasteiger charge is 2.41. The van der Waals surface area contributed by atoms with Crippen molar-refractivity contribution in [2.75, 3.05) is 0 Å². The Morgan fingerprint density at radius 1 is 0.509 bits per heavy atom. The number of rotatable bonds is 6. The molecule has 7 aromatic carbocycles. The van der Waals surface area contributed by atoms with Crippen molar-refractivity contribution in [3.63, 3.8) is 0 Å². The van der Waals surface area contributed by atoms with E-state index >= 15 is 0 Å². The molecular formula is C51H40N4. The first-order chi connectivity index (χ1) is 27.0. The van der Waals surface area contributed by atoms with Crippen LogP contribution in [0.15, 0.2) is 152 Å². The number of hydrogen-bond acceptors (Lipinski definition) is 4. The van der Waals surface area contributed by atoms with E-state index in [1.807, 2.05) is 12.1 Å². The van der Waals surface area contributed by atoms with E-state index in [-0.39, 0.29) is 0 Å². The molecule has 0 saturated heterocycles. The summed E-state index contributed by atoms with van der Waals surface area (Å²) in [4.78, 5) is 15.0. The second-order valence-electron chi connectivity index (χ2n) is 15.9. The summed E-state index contributed by atoms with van der Waals surface area (Å²) >= 11 is 0. The van der Waals surface area contributed by atoms with Gasteiger partial charge in [0.25, 0.3) is 0 Å². The van der Waals surface area contributed by atoms with Gasteiger partial charge in [0.15, 0.2) is 17.5 Å². The van der Waals surface area contributed by atoms with Crippen molar-refractivity contribution < 1.29 is 0 Å². The normalized spacial score (nSPS) is 19.1. The molecule has 0 N–H and O–H groups in total. The highest BCUT2D eigenvalue weighted by atomic mass is 15.0. The standard InChI is InChI=1S/C51H40N4/c1-51(30-34-10-11-35(28-34)31-51)43-26-24-37(25-27-43)36-16-20-40(21-17-36)49-53-48(39-14-12-33(32-52)13-15-39)54-50(55-49)41-22-18-38(19-23-41)47-29-42-6-2-3-7-44(42)45-8-4-5-9-46(45)47/h2-9,12-27,29,34-35H,10-11,28,30-31H2,1H3/t34-,35+,51?. The van der Waals surface area contributed by atoms with Crippen LogP contribution in [0.25, 0.3) is 78.0 Å². The molecule has 2 aliphatic rings. The SMILES string of the molecule is CC1(c2ccc(-c3ccc(-c4nc(-c5ccc(C#N)cc5)nc(-c5ccc(-c6cc7ccccc7c7ccccc67)cc5)n4)cc3)cc2)C[C@@H]2CC[C@@H](C2)C1. The quantitative estimate of drug-likeness (QED) is 0.161. The van der Waals surface area contributed by atoms with Gasteiger partial charge in [-0.1, -0.05) is 141 Å². The summed E-state index contributed by atoms with van der Waals surface area (Å²) in [5.74, 6) is 3.58. The molecule has 3 atom stereocenters. The minimum absolute atomic E-state index is 0.292. The molecule has 0 amide bonds. The van der Waals surface area contributed by atoms with Gasteiger partial charge in [-0.3, -0.25) is 0 Å². The molecule has 8 aromatic rings. The van der Waals surface area contributed by atoms with Crippen LogP contribution in [0.1, 0.15) is 50.2 Å². The van der Waals surface area contributed by atoms with Gasteiger partial charge < -0.3 is 0 Å². The zero-order valence-corrected chi connectivity index (χ0v) is 30.9. The number of nitrogens with zero attached hydrogens (tertiary/aromatic N) is 4. The van der Waals surface area contributed by atoms with Gasteiger partial charge in [0.2, 0.25) is 0 Å². The summed E-state index contributed by atoms with van der Waals surface area (Å²) in [5.41, 5.74) is 9.74. The molecule has 1 heterocycles. The van der Waals surface area contributed by atoms with Gasteiger partial charge in [0.05, 0.1) is 11.6 Å². The van der Waals surface area contributed by atoms with Gasteiger partial charge >= 0.3 is 0 Å². The summed E-state index contributed by atoms with van der Waals surface area (Å²) in [5, 5.41) is 14.4. The van der Waals surface area contributed by atoms with Crippen molar-refractivity contribution in [2.45, 2.75) is 44.4 Å². The average molecular weight is 709 g/mol. The Kier molecular flexibility index (Phi) is 8.11. The molecule has 0 radical (unpaired) electrons. The minimum Gasteiger partial charge on any atom is -0.208 e. The number of hydrogen-bond donors (Lipinski definition) is 0. The Balaban J connectivity index is 0.987. The molecule has 0 spiro atoms. The number of fused-ring (bicyclic) bond motifs is 5. The molecule has 2 aliphatic carbocycles. The van der Waals surface area contributed by atoms with E-state index in [4.69, 9.17) is 15.0 Å². The van der Waals surface area contributed by atoms with E-state index in [0.29, 0.717) is 28.5 Å². The van der Waals surface area contributed by atoms with Crippen LogP contribution in [-0.2, 0) is 5.41 Å². The average Bonchev–Trinajstić information content (AvgIpc) is 3.61. The third-order valence-electron chi connectivity index (χ3n) is 12.3. The fraction of sp³-hybridized carbons (Fsp3) is 0.176. The van der Waals surface area contributed by atoms with Crippen LogP contribution in [-0.4, -0.2) is 15.0 Å². The molecule has 10 rings (SSSR count). The Morgan fingerprint density at radius 3 is 1.53 bits per heavy atom. The highest BCUT2D eigenvalue weighted by molar-refractivity contribution is 6.13. The van der Waals surface area contributed by atoms with Crippen LogP contribution in [0.5, 0.6) is 0 Å². The van der Waals surface area contributed by atoms with Gasteiger partial charge in [0, 0.05) is 16.7 Å². The molecule has 264 valence electrons. The topological polar surface area (TPSA) is 62.5 Å². The second-order valence-corrected chi connectivity index (χ2v) is 15.9. The maximum atomic E-state index is 9.42. The highest BCUT2D eigenvalue weighted by Crippen LogP contribution is 2.51. The Hall–Kier alpha value is -6.44. The van der Waals surface area contributed by atoms with Gasteiger partial charge in [-0.25, -0.2) is 15.0 Å². The lowest BCUT2D eigenvalue weighted by atomic mass is 9.66. The van der Waals surface area contributed by atoms with Crippen molar-refractivity contribution >= 4 is 21.5 Å². The third kappa shape index (κ3) is 6.16. The summed E-state index contributed by atoms with van der Waals surface area (Å²) < 4.78 is 0. The molecule has 55 heavy (non-hydrogen) atoms. The molecule has 1 unspecified atom stereocenters. The van der Waals surface area contributed by atoms with Crippen LogP contribution < -0.4 is 0 Å². The maximum Gasteiger partial charge on any atom is 0.164 e. The van der Waals surface area contributed by atoms with E-state index in [9.17, 15) is 5.26 Å². The minimum atomic E-state index is 0.292. The van der Waals surface area contributed by atoms with Gasteiger partial charge in [0.1, 0.15) is 0 Å². The molecule has 2 fully saturated rings. The Morgan fingerprint density at radius 2 is 0.964 bits per heavy atom. The fourth-order valence-corrected chi connectivity index (χ4v) is 9.57. The van der Waals surface area contributed by atoms with E-state index in [2.05, 4.69) is 140 Å². The second kappa shape index (κ2) is 13.4. The predicted molar refractivity (Wildman–Crippen MR) is 224 cm³/mol. The van der Waals surface area contributed by atoms with Crippen LogP contribution in [0.3, 0.4) is 0 Å². The van der Waals surface area contributed by atoms with Gasteiger partial charge in [-0.05, 0) is 116 Å². The summed E-state index contributed by atoms with van der Waals surface area (Å²) in [7, 11) is 0. The first kappa shape index (κ1) is 33.2.